The first-order valence-electron chi connectivity index (χ1n) is 13.0. The number of pyridine rings is 1. The van der Waals surface area contributed by atoms with Crippen molar-refractivity contribution in [1.82, 2.24) is 4.98 Å². The van der Waals surface area contributed by atoms with Gasteiger partial charge in [0, 0.05) is 35.4 Å². The van der Waals surface area contributed by atoms with Crippen molar-refractivity contribution < 1.29 is 9.59 Å². The normalized spacial score (nSPS) is 15.8. The summed E-state index contributed by atoms with van der Waals surface area (Å²) in [4.78, 5) is 32.5. The third-order valence-corrected chi connectivity index (χ3v) is 7.23. The van der Waals surface area contributed by atoms with E-state index in [9.17, 15) is 9.59 Å². The molecular weight excluding hydrogens is 446 g/mol. The SMILES string of the molecule is Cc1ccc(C2=C(C(=O)Nc3ccc4c(c3)CCN4C(=O)Cc3ccccn3)CCCCCC2)cc1. The molecule has 3 aromatic rings. The molecule has 2 heterocycles. The quantitative estimate of drug-likeness (QED) is 0.469. The van der Waals surface area contributed by atoms with Crippen LogP contribution in [0.5, 0.6) is 0 Å². The van der Waals surface area contributed by atoms with Crippen molar-refractivity contribution >= 4 is 28.8 Å². The molecule has 1 aliphatic carbocycles. The number of aryl methyl sites for hydroxylation is 1. The van der Waals surface area contributed by atoms with Crippen LogP contribution in [0, 0.1) is 6.92 Å². The maximum Gasteiger partial charge on any atom is 0.251 e. The van der Waals surface area contributed by atoms with E-state index in [2.05, 4.69) is 41.5 Å². The second-order valence-corrected chi connectivity index (χ2v) is 9.83. The zero-order chi connectivity index (χ0) is 24.9. The van der Waals surface area contributed by atoms with Crippen LogP contribution in [0.15, 0.2) is 72.4 Å². The lowest BCUT2D eigenvalue weighted by molar-refractivity contribution is -0.118. The average molecular weight is 480 g/mol. The van der Waals surface area contributed by atoms with Crippen LogP contribution in [0.4, 0.5) is 11.4 Å². The van der Waals surface area contributed by atoms with E-state index in [-0.39, 0.29) is 18.2 Å². The van der Waals surface area contributed by atoms with Crippen LogP contribution in [0.25, 0.3) is 5.57 Å². The summed E-state index contributed by atoms with van der Waals surface area (Å²) in [5.41, 5.74) is 8.05. The van der Waals surface area contributed by atoms with Crippen molar-refractivity contribution in [3.05, 3.63) is 94.8 Å². The van der Waals surface area contributed by atoms with Gasteiger partial charge in [-0.1, -0.05) is 48.7 Å². The Bertz CT molecular complexity index is 1280. The Morgan fingerprint density at radius 3 is 2.50 bits per heavy atom. The molecule has 0 saturated carbocycles. The van der Waals surface area contributed by atoms with Gasteiger partial charge < -0.3 is 10.2 Å². The highest BCUT2D eigenvalue weighted by molar-refractivity contribution is 6.09. The van der Waals surface area contributed by atoms with Crippen LogP contribution in [-0.2, 0) is 22.4 Å². The molecule has 184 valence electrons. The number of benzene rings is 2. The minimum atomic E-state index is -0.00601. The van der Waals surface area contributed by atoms with Crippen molar-refractivity contribution in [2.75, 3.05) is 16.8 Å². The van der Waals surface area contributed by atoms with E-state index in [0.29, 0.717) is 6.54 Å². The highest BCUT2D eigenvalue weighted by Crippen LogP contribution is 2.34. The number of amides is 2. The molecule has 2 amide bonds. The number of nitrogens with one attached hydrogen (secondary N) is 1. The molecule has 0 atom stereocenters. The zero-order valence-corrected chi connectivity index (χ0v) is 20.9. The van der Waals surface area contributed by atoms with E-state index >= 15 is 0 Å². The van der Waals surface area contributed by atoms with E-state index in [1.807, 2.05) is 41.3 Å². The van der Waals surface area contributed by atoms with E-state index < -0.39 is 0 Å². The molecule has 0 fully saturated rings. The van der Waals surface area contributed by atoms with Crippen molar-refractivity contribution in [2.45, 2.75) is 58.3 Å². The molecule has 0 radical (unpaired) electrons. The smallest absolute Gasteiger partial charge is 0.251 e. The first-order valence-corrected chi connectivity index (χ1v) is 13.0. The van der Waals surface area contributed by atoms with Crippen LogP contribution in [0.2, 0.25) is 0 Å². The molecule has 1 aromatic heterocycles. The van der Waals surface area contributed by atoms with E-state index in [1.165, 1.54) is 24.0 Å². The molecule has 1 N–H and O–H groups in total. The van der Waals surface area contributed by atoms with Gasteiger partial charge in [0.15, 0.2) is 0 Å². The standard InChI is InChI=1S/C31H33N3O2/c1-22-11-13-23(14-12-22)27-9-4-2-3-5-10-28(27)31(36)33-26-15-16-29-24(20-26)17-19-34(29)30(35)21-25-8-6-7-18-32-25/h6-8,11-16,18,20H,2-5,9-10,17,19,21H2,1H3,(H,33,36). The van der Waals surface area contributed by atoms with Crippen molar-refractivity contribution in [3.8, 4) is 0 Å². The van der Waals surface area contributed by atoms with Crippen molar-refractivity contribution in [2.24, 2.45) is 0 Å². The Morgan fingerprint density at radius 1 is 0.917 bits per heavy atom. The molecule has 5 nitrogen and oxygen atoms in total. The molecule has 0 bridgehead atoms. The number of nitrogens with zero attached hydrogens (tertiary/aromatic N) is 2. The summed E-state index contributed by atoms with van der Waals surface area (Å²) < 4.78 is 0. The Kier molecular flexibility index (Phi) is 7.26. The highest BCUT2D eigenvalue weighted by Gasteiger charge is 2.26. The van der Waals surface area contributed by atoms with Crippen molar-refractivity contribution in [3.63, 3.8) is 0 Å². The predicted molar refractivity (Wildman–Crippen MR) is 145 cm³/mol. The summed E-state index contributed by atoms with van der Waals surface area (Å²) in [6.07, 6.45) is 9.05. The first kappa shape index (κ1) is 24.0. The maximum absolute atomic E-state index is 13.5. The van der Waals surface area contributed by atoms with Crippen molar-refractivity contribution in [1.29, 1.82) is 0 Å². The molecule has 36 heavy (non-hydrogen) atoms. The van der Waals surface area contributed by atoms with Crippen LogP contribution >= 0.6 is 0 Å². The fourth-order valence-corrected chi connectivity index (χ4v) is 5.28. The summed E-state index contributed by atoms with van der Waals surface area (Å²) in [5.74, 6) is 0.0418. The number of allylic oxidation sites excluding steroid dienone is 1. The number of carbonyl (C=O) groups excluding carboxylic acids is 2. The summed E-state index contributed by atoms with van der Waals surface area (Å²) in [7, 11) is 0. The van der Waals surface area contributed by atoms with Crippen LogP contribution < -0.4 is 10.2 Å². The topological polar surface area (TPSA) is 62.3 Å². The number of hydrogen-bond acceptors (Lipinski definition) is 3. The second kappa shape index (κ2) is 10.9. The van der Waals surface area contributed by atoms with Gasteiger partial charge in [-0.3, -0.25) is 14.6 Å². The monoisotopic (exact) mass is 479 g/mol. The number of anilines is 2. The van der Waals surface area contributed by atoms with Gasteiger partial charge in [-0.25, -0.2) is 0 Å². The molecule has 1 aliphatic heterocycles. The summed E-state index contributed by atoms with van der Waals surface area (Å²) in [6, 6.07) is 20.1. The molecule has 5 rings (SSSR count). The zero-order valence-electron chi connectivity index (χ0n) is 20.9. The lowest BCUT2D eigenvalue weighted by atomic mass is 9.88. The number of hydrogen-bond donors (Lipinski definition) is 1. The molecule has 5 heteroatoms. The van der Waals surface area contributed by atoms with Gasteiger partial charge in [0.1, 0.15) is 0 Å². The Labute approximate surface area is 213 Å². The molecule has 0 unspecified atom stereocenters. The van der Waals surface area contributed by atoms with Crippen LogP contribution in [-0.4, -0.2) is 23.3 Å². The second-order valence-electron chi connectivity index (χ2n) is 9.83. The average Bonchev–Trinajstić information content (AvgIpc) is 3.29. The van der Waals surface area contributed by atoms with Crippen LogP contribution in [0.3, 0.4) is 0 Å². The summed E-state index contributed by atoms with van der Waals surface area (Å²) in [6.45, 7) is 2.74. The van der Waals surface area contributed by atoms with Gasteiger partial charge in [-0.05, 0) is 86.1 Å². The minimum absolute atomic E-state index is 0.00601. The molecule has 0 saturated heterocycles. The first-order chi connectivity index (χ1) is 17.6. The lowest BCUT2D eigenvalue weighted by Gasteiger charge is -2.20. The molecule has 0 spiro atoms. The van der Waals surface area contributed by atoms with Gasteiger partial charge in [0.05, 0.1) is 6.42 Å². The lowest BCUT2D eigenvalue weighted by Crippen LogP contribution is -2.30. The highest BCUT2D eigenvalue weighted by atomic mass is 16.2. The van der Waals surface area contributed by atoms with Crippen LogP contribution in [0.1, 0.15) is 60.9 Å². The van der Waals surface area contributed by atoms with Gasteiger partial charge in [0.2, 0.25) is 5.91 Å². The summed E-state index contributed by atoms with van der Waals surface area (Å²) >= 11 is 0. The molecular formula is C31H33N3O2. The Morgan fingerprint density at radius 2 is 1.72 bits per heavy atom. The number of carbonyl (C=O) groups is 2. The summed E-state index contributed by atoms with van der Waals surface area (Å²) in [5, 5.41) is 3.17. The van der Waals surface area contributed by atoms with E-state index in [0.717, 1.165) is 65.9 Å². The largest absolute Gasteiger partial charge is 0.322 e. The fourth-order valence-electron chi connectivity index (χ4n) is 5.28. The third kappa shape index (κ3) is 5.40. The maximum atomic E-state index is 13.5. The van der Waals surface area contributed by atoms with Gasteiger partial charge in [-0.2, -0.15) is 0 Å². The third-order valence-electron chi connectivity index (χ3n) is 7.23. The Balaban J connectivity index is 1.34. The van der Waals surface area contributed by atoms with E-state index in [4.69, 9.17) is 0 Å². The molecule has 2 aromatic carbocycles. The van der Waals surface area contributed by atoms with E-state index in [1.54, 1.807) is 6.20 Å². The van der Waals surface area contributed by atoms with Gasteiger partial charge in [0.25, 0.3) is 5.91 Å². The van der Waals surface area contributed by atoms with Gasteiger partial charge in [-0.15, -0.1) is 0 Å². The van der Waals surface area contributed by atoms with Gasteiger partial charge >= 0.3 is 0 Å². The minimum Gasteiger partial charge on any atom is -0.322 e. The predicted octanol–water partition coefficient (Wildman–Crippen LogP) is 6.27. The fraction of sp³-hybridized carbons (Fsp3) is 0.323. The number of fused-ring (bicyclic) bond motifs is 1. The molecule has 2 aliphatic rings. The number of aromatic nitrogens is 1. The Hall–Kier alpha value is -3.73. The number of rotatable bonds is 5.